The van der Waals surface area contributed by atoms with Gasteiger partial charge in [0.1, 0.15) is 0 Å². The molecular weight excluding hydrogens is 272 g/mol. The summed E-state index contributed by atoms with van der Waals surface area (Å²) in [7, 11) is 0. The van der Waals surface area contributed by atoms with E-state index in [0.717, 1.165) is 30.6 Å². The van der Waals surface area contributed by atoms with Gasteiger partial charge in [0.05, 0.1) is 11.8 Å². The van der Waals surface area contributed by atoms with Crippen LogP contribution >= 0.6 is 0 Å². The lowest BCUT2D eigenvalue weighted by Gasteiger charge is -2.59. The third-order valence-corrected chi connectivity index (χ3v) is 8.27. The van der Waals surface area contributed by atoms with Crippen LogP contribution in [-0.4, -0.2) is 16.9 Å². The molecule has 124 valence electrons. The molecule has 0 amide bonds. The highest BCUT2D eigenvalue weighted by Crippen LogP contribution is 2.65. The standard InChI is InChI=1S/C19H32N2O/c1-17-9-10-19(20,21)11-12(17)3-4-13-14-5-6-16(22)18(14,2)8-7-15(13)17/h9-10,12-16,22H,3-8,11,20-21H2,1-2H3/t12?,13?,14?,15?,16-,17-,18-/m0/s1. The summed E-state index contributed by atoms with van der Waals surface area (Å²) >= 11 is 0. The van der Waals surface area contributed by atoms with Crippen molar-refractivity contribution in [2.45, 2.75) is 70.6 Å². The number of fused-ring (bicyclic) bond motifs is 5. The van der Waals surface area contributed by atoms with Crippen LogP contribution in [0.15, 0.2) is 12.2 Å². The molecule has 0 bridgehead atoms. The van der Waals surface area contributed by atoms with E-state index < -0.39 is 5.66 Å². The third kappa shape index (κ3) is 1.91. The van der Waals surface area contributed by atoms with E-state index in [1.807, 2.05) is 0 Å². The molecule has 0 saturated heterocycles. The number of hydrogen-bond acceptors (Lipinski definition) is 3. The molecule has 0 heterocycles. The third-order valence-electron chi connectivity index (χ3n) is 8.27. The lowest BCUT2D eigenvalue weighted by molar-refractivity contribution is -0.0973. The summed E-state index contributed by atoms with van der Waals surface area (Å²) in [6.45, 7) is 4.80. The van der Waals surface area contributed by atoms with Crippen LogP contribution in [0.4, 0.5) is 0 Å². The van der Waals surface area contributed by atoms with Crippen LogP contribution in [0.3, 0.4) is 0 Å². The Kier molecular flexibility index (Phi) is 3.16. The first-order valence-corrected chi connectivity index (χ1v) is 9.22. The fourth-order valence-corrected chi connectivity index (χ4v) is 6.85. The SMILES string of the molecule is C[C@]12C=CC(N)(N)CC1CCC1C2CC[C@@]2(C)C1CC[C@@H]2O. The van der Waals surface area contributed by atoms with Gasteiger partial charge in [-0.3, -0.25) is 0 Å². The Bertz CT molecular complexity index is 502. The van der Waals surface area contributed by atoms with Gasteiger partial charge in [-0.15, -0.1) is 0 Å². The zero-order chi connectivity index (χ0) is 15.8. The molecule has 4 unspecified atom stereocenters. The highest BCUT2D eigenvalue weighted by Gasteiger charge is 2.59. The van der Waals surface area contributed by atoms with Crippen LogP contribution in [0.2, 0.25) is 0 Å². The van der Waals surface area contributed by atoms with E-state index in [2.05, 4.69) is 26.0 Å². The topological polar surface area (TPSA) is 72.3 Å². The molecule has 0 aromatic heterocycles. The molecular formula is C19H32N2O. The van der Waals surface area contributed by atoms with Gasteiger partial charge >= 0.3 is 0 Å². The molecule has 4 rings (SSSR count). The van der Waals surface area contributed by atoms with Gasteiger partial charge in [-0.1, -0.05) is 26.0 Å². The predicted octanol–water partition coefficient (Wildman–Crippen LogP) is 2.78. The minimum absolute atomic E-state index is 0.0772. The van der Waals surface area contributed by atoms with E-state index in [9.17, 15) is 5.11 Å². The molecule has 0 radical (unpaired) electrons. The minimum Gasteiger partial charge on any atom is -0.393 e. The van der Waals surface area contributed by atoms with Gasteiger partial charge in [0.15, 0.2) is 0 Å². The molecule has 4 aliphatic rings. The molecule has 4 aliphatic carbocycles. The first-order valence-electron chi connectivity index (χ1n) is 9.22. The minimum atomic E-state index is -0.607. The van der Waals surface area contributed by atoms with Crippen molar-refractivity contribution in [1.82, 2.24) is 0 Å². The van der Waals surface area contributed by atoms with E-state index in [1.165, 1.54) is 32.1 Å². The number of hydrogen-bond donors (Lipinski definition) is 3. The Morgan fingerprint density at radius 3 is 2.50 bits per heavy atom. The van der Waals surface area contributed by atoms with Gasteiger partial charge < -0.3 is 16.6 Å². The van der Waals surface area contributed by atoms with Crippen LogP contribution in [0, 0.1) is 34.5 Å². The number of allylic oxidation sites excluding steroid dienone is 1. The zero-order valence-electron chi connectivity index (χ0n) is 14.1. The van der Waals surface area contributed by atoms with Crippen LogP contribution in [0.25, 0.3) is 0 Å². The van der Waals surface area contributed by atoms with Crippen LogP contribution in [0.5, 0.6) is 0 Å². The van der Waals surface area contributed by atoms with Crippen molar-refractivity contribution in [2.24, 2.45) is 46.0 Å². The Morgan fingerprint density at radius 1 is 0.955 bits per heavy atom. The largest absolute Gasteiger partial charge is 0.393 e. The van der Waals surface area contributed by atoms with Crippen LogP contribution < -0.4 is 11.5 Å². The van der Waals surface area contributed by atoms with Crippen molar-refractivity contribution in [3.63, 3.8) is 0 Å². The smallest absolute Gasteiger partial charge is 0.0831 e. The Hall–Kier alpha value is -0.380. The summed E-state index contributed by atoms with van der Waals surface area (Å²) in [6.07, 6.45) is 12.5. The summed E-state index contributed by atoms with van der Waals surface area (Å²) in [5.41, 5.74) is 12.2. The zero-order valence-corrected chi connectivity index (χ0v) is 14.1. The molecule has 7 atom stereocenters. The fraction of sp³-hybridized carbons (Fsp3) is 0.895. The number of nitrogens with two attached hydrogens (primary N) is 2. The van der Waals surface area contributed by atoms with E-state index in [4.69, 9.17) is 11.5 Å². The van der Waals surface area contributed by atoms with E-state index in [-0.39, 0.29) is 16.9 Å². The van der Waals surface area contributed by atoms with Crippen molar-refractivity contribution in [3.05, 3.63) is 12.2 Å². The molecule has 3 fully saturated rings. The van der Waals surface area contributed by atoms with Crippen molar-refractivity contribution in [2.75, 3.05) is 0 Å². The van der Waals surface area contributed by atoms with E-state index in [0.29, 0.717) is 5.92 Å². The summed E-state index contributed by atoms with van der Waals surface area (Å²) in [4.78, 5) is 0. The molecule has 0 aromatic rings. The maximum Gasteiger partial charge on any atom is 0.0831 e. The van der Waals surface area contributed by atoms with Gasteiger partial charge in [0, 0.05) is 0 Å². The number of aliphatic hydroxyl groups excluding tert-OH is 1. The lowest BCUT2D eigenvalue weighted by Crippen LogP contribution is -2.58. The Labute approximate surface area is 134 Å². The second-order valence-corrected chi connectivity index (χ2v) is 9.30. The first kappa shape index (κ1) is 15.2. The molecule has 3 saturated carbocycles. The number of aliphatic hydroxyl groups is 1. The van der Waals surface area contributed by atoms with Crippen molar-refractivity contribution >= 4 is 0 Å². The number of rotatable bonds is 0. The average Bonchev–Trinajstić information content (AvgIpc) is 2.76. The van der Waals surface area contributed by atoms with Crippen molar-refractivity contribution in [3.8, 4) is 0 Å². The van der Waals surface area contributed by atoms with Gasteiger partial charge in [-0.2, -0.15) is 0 Å². The van der Waals surface area contributed by atoms with Gasteiger partial charge in [-0.05, 0) is 79.4 Å². The monoisotopic (exact) mass is 304 g/mol. The average molecular weight is 304 g/mol. The Morgan fingerprint density at radius 2 is 1.73 bits per heavy atom. The predicted molar refractivity (Wildman–Crippen MR) is 88.7 cm³/mol. The van der Waals surface area contributed by atoms with Gasteiger partial charge in [0.25, 0.3) is 0 Å². The normalized spacial score (nSPS) is 56.1. The molecule has 0 spiro atoms. The van der Waals surface area contributed by atoms with Crippen molar-refractivity contribution < 1.29 is 5.11 Å². The maximum atomic E-state index is 10.5. The van der Waals surface area contributed by atoms with Crippen LogP contribution in [-0.2, 0) is 0 Å². The van der Waals surface area contributed by atoms with E-state index >= 15 is 0 Å². The van der Waals surface area contributed by atoms with Gasteiger partial charge in [0.2, 0.25) is 0 Å². The molecule has 22 heavy (non-hydrogen) atoms. The highest BCUT2D eigenvalue weighted by molar-refractivity contribution is 5.20. The molecule has 0 aromatic carbocycles. The van der Waals surface area contributed by atoms with Gasteiger partial charge in [-0.25, -0.2) is 0 Å². The Balaban J connectivity index is 1.67. The maximum absolute atomic E-state index is 10.5. The first-order chi connectivity index (χ1) is 10.3. The van der Waals surface area contributed by atoms with E-state index in [1.54, 1.807) is 0 Å². The quantitative estimate of drug-likeness (QED) is 0.476. The second kappa shape index (κ2) is 4.58. The van der Waals surface area contributed by atoms with Crippen LogP contribution in [0.1, 0.15) is 58.8 Å². The molecule has 5 N–H and O–H groups in total. The summed E-state index contributed by atoms with van der Waals surface area (Å²) in [5.74, 6) is 2.88. The molecule has 3 heteroatoms. The summed E-state index contributed by atoms with van der Waals surface area (Å²) in [5, 5.41) is 10.5. The highest BCUT2D eigenvalue weighted by atomic mass is 16.3. The van der Waals surface area contributed by atoms with Crippen molar-refractivity contribution in [1.29, 1.82) is 0 Å². The summed E-state index contributed by atoms with van der Waals surface area (Å²) in [6, 6.07) is 0. The molecule has 3 nitrogen and oxygen atoms in total. The lowest BCUT2D eigenvalue weighted by atomic mass is 9.46. The second-order valence-electron chi connectivity index (χ2n) is 9.30. The molecule has 0 aliphatic heterocycles. The fourth-order valence-electron chi connectivity index (χ4n) is 6.85. The summed E-state index contributed by atoms with van der Waals surface area (Å²) < 4.78 is 0.